The summed E-state index contributed by atoms with van der Waals surface area (Å²) in [6.07, 6.45) is 6.89. The molecule has 1 aromatic carbocycles. The molecule has 2 rings (SSSR count). The van der Waals surface area contributed by atoms with E-state index in [9.17, 15) is 9.59 Å². The van der Waals surface area contributed by atoms with E-state index in [-0.39, 0.29) is 36.8 Å². The van der Waals surface area contributed by atoms with Gasteiger partial charge in [0.25, 0.3) is 0 Å². The van der Waals surface area contributed by atoms with Crippen molar-refractivity contribution in [1.29, 1.82) is 0 Å². The zero-order valence-electron chi connectivity index (χ0n) is 16.3. The summed E-state index contributed by atoms with van der Waals surface area (Å²) in [7, 11) is 0.137. The van der Waals surface area contributed by atoms with E-state index < -0.39 is 18.0 Å². The van der Waals surface area contributed by atoms with Crippen LogP contribution < -0.4 is 10.6 Å². The maximum Gasteiger partial charge on any atom is 1.00 e. The molecule has 4 N–H and O–H groups in total. The van der Waals surface area contributed by atoms with Gasteiger partial charge in [-0.25, -0.2) is 9.59 Å². The van der Waals surface area contributed by atoms with Crippen LogP contribution in [0, 0.1) is 6.20 Å². The maximum atomic E-state index is 11.7. The van der Waals surface area contributed by atoms with Gasteiger partial charge in [0.05, 0.1) is 18.5 Å². The average Bonchev–Trinajstić information content (AvgIpc) is 3.20. The Bertz CT molecular complexity index is 664. The number of hydrogen-bond acceptors (Lipinski definition) is 4. The van der Waals surface area contributed by atoms with Gasteiger partial charge in [-0.2, -0.15) is 0 Å². The standard InChI is InChI=1S/C12H12N5O3.C6H15P.Au/c18-11(19)10(8-4-2-1-3-5-8)15-12(20)13-6-9-7-14-17-16-9;1-4-7(5-2)6-3;/h1-5,10H,6H2,(H,18,19)(H2,13,15,20)(H,14,16,17);4-6H2,1-3H3;/q-1;;+1/p+1/t10-;;/m1../s1. The smallest absolute Gasteiger partial charge is 0.479 e. The fourth-order valence-corrected chi connectivity index (χ4v) is 3.81. The predicted octanol–water partition coefficient (Wildman–Crippen LogP) is 2.49. The second-order valence-electron chi connectivity index (χ2n) is 5.72. The van der Waals surface area contributed by atoms with Gasteiger partial charge in [-0.3, -0.25) is 5.10 Å². The molecule has 0 saturated carbocycles. The summed E-state index contributed by atoms with van der Waals surface area (Å²) in [5.74, 6) is -1.14. The molecular weight excluding hydrogens is 562 g/mol. The number of hydrogen-bond donors (Lipinski definition) is 4. The normalized spacial score (nSPS) is 10.9. The van der Waals surface area contributed by atoms with E-state index >= 15 is 0 Å². The fraction of sp³-hybridized carbons (Fsp3) is 0.444. The number of benzene rings is 1. The number of carboxylic acid groups (broad SMARTS) is 1. The number of rotatable bonds is 8. The minimum atomic E-state index is -1.14. The van der Waals surface area contributed by atoms with Gasteiger partial charge in [-0.05, 0) is 34.3 Å². The molecule has 0 aliphatic rings. The Morgan fingerprint density at radius 1 is 1.18 bits per heavy atom. The van der Waals surface area contributed by atoms with Crippen molar-refractivity contribution in [1.82, 2.24) is 26.0 Å². The minimum absolute atomic E-state index is 0. The summed E-state index contributed by atoms with van der Waals surface area (Å²) < 4.78 is 0. The predicted molar refractivity (Wildman–Crippen MR) is 107 cm³/mol. The van der Waals surface area contributed by atoms with Crippen LogP contribution >= 0.6 is 7.92 Å². The van der Waals surface area contributed by atoms with Crippen molar-refractivity contribution < 1.29 is 37.1 Å². The summed E-state index contributed by atoms with van der Waals surface area (Å²) in [6.45, 7) is 7.05. The Balaban J connectivity index is 0.000000786. The van der Waals surface area contributed by atoms with Crippen molar-refractivity contribution in [2.75, 3.05) is 18.5 Å². The van der Waals surface area contributed by atoms with E-state index in [0.717, 1.165) is 0 Å². The van der Waals surface area contributed by atoms with Crippen molar-refractivity contribution in [2.24, 2.45) is 0 Å². The monoisotopic (exact) mass is 590 g/mol. The van der Waals surface area contributed by atoms with Crippen LogP contribution in [-0.4, -0.2) is 51.0 Å². The Morgan fingerprint density at radius 3 is 2.21 bits per heavy atom. The first-order chi connectivity index (χ1) is 13.0. The molecule has 0 fully saturated rings. The van der Waals surface area contributed by atoms with Crippen LogP contribution in [-0.2, 0) is 33.7 Å². The summed E-state index contributed by atoms with van der Waals surface area (Å²) in [5.41, 5.74) is 0.983. The van der Waals surface area contributed by atoms with Crippen LogP contribution in [0.4, 0.5) is 4.79 Å². The van der Waals surface area contributed by atoms with Crippen LogP contribution in [0.15, 0.2) is 30.3 Å². The van der Waals surface area contributed by atoms with Crippen molar-refractivity contribution in [3.8, 4) is 0 Å². The molecule has 0 radical (unpaired) electrons. The third kappa shape index (κ3) is 9.99. The molecule has 0 bridgehead atoms. The second kappa shape index (κ2) is 15.2. The van der Waals surface area contributed by atoms with Gasteiger partial charge in [0.15, 0.2) is 6.04 Å². The van der Waals surface area contributed by atoms with Gasteiger partial charge in [0, 0.05) is 6.54 Å². The summed E-state index contributed by atoms with van der Waals surface area (Å²) >= 11 is 0. The van der Waals surface area contributed by atoms with E-state index in [1.54, 1.807) is 30.3 Å². The number of amides is 2. The van der Waals surface area contributed by atoms with Crippen molar-refractivity contribution in [3.63, 3.8) is 0 Å². The maximum absolute atomic E-state index is 11.7. The number of carbonyl (C=O) groups excluding carboxylic acids is 1. The van der Waals surface area contributed by atoms with Gasteiger partial charge < -0.3 is 27.0 Å². The van der Waals surface area contributed by atoms with E-state index in [0.29, 0.717) is 11.3 Å². The largest absolute Gasteiger partial charge is 1.00 e. The Hall–Kier alpha value is -1.73. The molecule has 0 saturated heterocycles. The third-order valence-corrected chi connectivity index (χ3v) is 7.00. The summed E-state index contributed by atoms with van der Waals surface area (Å²) in [4.78, 5) is 22.9. The Morgan fingerprint density at radius 2 is 1.79 bits per heavy atom. The number of nitrogens with one attached hydrogen (secondary N) is 3. The molecule has 2 aromatic rings. The fourth-order valence-electron chi connectivity index (χ4n) is 2.31. The van der Waals surface area contributed by atoms with Gasteiger partial charge in [-0.15, -0.1) is 10.9 Å². The number of carbonyl (C=O) groups is 2. The zero-order valence-corrected chi connectivity index (χ0v) is 19.4. The quantitative estimate of drug-likeness (QED) is 0.214. The molecule has 8 nitrogen and oxygen atoms in total. The molecule has 158 valence electrons. The zero-order chi connectivity index (χ0) is 20.1. The number of nitrogens with zero attached hydrogens (tertiary/aromatic N) is 2. The number of aromatic amines is 1. The number of carboxylic acids is 1. The van der Waals surface area contributed by atoms with Crippen molar-refractivity contribution in [2.45, 2.75) is 33.4 Å². The first-order valence-corrected chi connectivity index (χ1v) is 11.1. The van der Waals surface area contributed by atoms with Gasteiger partial charge in [0.1, 0.15) is 0 Å². The van der Waals surface area contributed by atoms with E-state index in [1.807, 2.05) is 0 Å². The molecule has 2 amide bonds. The Labute approximate surface area is 182 Å². The van der Waals surface area contributed by atoms with E-state index in [1.165, 1.54) is 18.5 Å². The first-order valence-electron chi connectivity index (χ1n) is 8.94. The molecule has 1 heterocycles. The van der Waals surface area contributed by atoms with E-state index in [4.69, 9.17) is 5.11 Å². The molecule has 0 spiro atoms. The number of aromatic nitrogens is 3. The van der Waals surface area contributed by atoms with Crippen molar-refractivity contribution in [3.05, 3.63) is 47.8 Å². The molecule has 0 aliphatic heterocycles. The summed E-state index contributed by atoms with van der Waals surface area (Å²) in [5, 5.41) is 23.4. The topological polar surface area (TPSA) is 120 Å². The van der Waals surface area contributed by atoms with Gasteiger partial charge >= 0.3 is 34.4 Å². The van der Waals surface area contributed by atoms with E-state index in [2.05, 4.69) is 53.0 Å². The van der Waals surface area contributed by atoms with Crippen LogP contribution in [0.3, 0.4) is 0 Å². The molecule has 0 aliphatic carbocycles. The second-order valence-corrected chi connectivity index (χ2v) is 9.34. The van der Waals surface area contributed by atoms with Crippen LogP contribution in [0.5, 0.6) is 0 Å². The molecular formula is C18H28AuN5O3P+. The molecule has 0 unspecified atom stereocenters. The Kier molecular flexibility index (Phi) is 14.3. The molecule has 1 atom stereocenters. The van der Waals surface area contributed by atoms with Gasteiger partial charge in [0.2, 0.25) is 0 Å². The van der Waals surface area contributed by atoms with Crippen LogP contribution in [0.2, 0.25) is 0 Å². The molecule has 1 aromatic heterocycles. The molecule has 10 heteroatoms. The molecule has 28 heavy (non-hydrogen) atoms. The summed E-state index contributed by atoms with van der Waals surface area (Å²) in [6, 6.07) is 6.72. The number of aliphatic carboxylic acids is 1. The minimum Gasteiger partial charge on any atom is -0.479 e. The SMILES string of the molecule is CC[PH+](CC)CC.O=C(NCc1[c-]nn[nH]1)N[C@@H](C(=O)O)c1ccccc1.[Au+]. The number of urea groups is 1. The van der Waals surface area contributed by atoms with Crippen LogP contribution in [0.1, 0.15) is 38.1 Å². The van der Waals surface area contributed by atoms with Crippen LogP contribution in [0.25, 0.3) is 0 Å². The third-order valence-electron chi connectivity index (χ3n) is 4.00. The van der Waals surface area contributed by atoms with Gasteiger partial charge in [-0.1, -0.05) is 30.3 Å². The number of H-pyrrole nitrogens is 1. The van der Waals surface area contributed by atoms with Crippen molar-refractivity contribution >= 4 is 19.9 Å². The first kappa shape index (κ1) is 26.3. The average molecular weight is 590 g/mol.